The van der Waals surface area contributed by atoms with Crippen LogP contribution in [0.2, 0.25) is 5.02 Å². The number of hydrogen-bond donors (Lipinski definition) is 1. The van der Waals surface area contributed by atoms with Gasteiger partial charge in [0.2, 0.25) is 5.88 Å². The lowest BCUT2D eigenvalue weighted by molar-refractivity contribution is -0.0885. The van der Waals surface area contributed by atoms with Crippen molar-refractivity contribution in [2.45, 2.75) is 19.6 Å². The number of carboxylic acids is 1. The highest BCUT2D eigenvalue weighted by Gasteiger charge is 2.32. The molecule has 13 heteroatoms. The van der Waals surface area contributed by atoms with Gasteiger partial charge in [-0.2, -0.15) is 23.0 Å². The Balaban J connectivity index is 1.60. The van der Waals surface area contributed by atoms with Gasteiger partial charge in [0.15, 0.2) is 5.69 Å². The molecule has 0 atom stereocenters. The average Bonchev–Trinajstić information content (AvgIpc) is 3.23. The predicted octanol–water partition coefficient (Wildman–Crippen LogP) is 4.45. The minimum atomic E-state index is -4.54. The highest BCUT2D eigenvalue weighted by atomic mass is 35.5. The van der Waals surface area contributed by atoms with E-state index >= 15 is 0 Å². The molecule has 1 aliphatic rings. The smallest absolute Gasteiger partial charge is 0.416 e. The number of carboxylic acid groups (broad SMARTS) is 1. The molecule has 0 radical (unpaired) electrons. The van der Waals surface area contributed by atoms with Gasteiger partial charge in [-0.1, -0.05) is 29.8 Å². The van der Waals surface area contributed by atoms with Gasteiger partial charge in [0.1, 0.15) is 5.75 Å². The van der Waals surface area contributed by atoms with Gasteiger partial charge in [-0.3, -0.25) is 4.90 Å². The summed E-state index contributed by atoms with van der Waals surface area (Å²) in [4.78, 5) is 30.9. The van der Waals surface area contributed by atoms with E-state index in [0.717, 1.165) is 22.4 Å². The first kappa shape index (κ1) is 27.0. The van der Waals surface area contributed by atoms with Crippen LogP contribution in [0.25, 0.3) is 0 Å². The van der Waals surface area contributed by atoms with Gasteiger partial charge in [0, 0.05) is 38.8 Å². The number of halogens is 4. The van der Waals surface area contributed by atoms with Crippen LogP contribution in [0.4, 0.5) is 18.0 Å². The van der Waals surface area contributed by atoms with Crippen LogP contribution in [0, 0.1) is 0 Å². The molecule has 1 fully saturated rings. The van der Waals surface area contributed by atoms with Gasteiger partial charge >= 0.3 is 18.2 Å². The summed E-state index contributed by atoms with van der Waals surface area (Å²) in [7, 11) is 0. The first-order valence-electron chi connectivity index (χ1n) is 10.7. The van der Waals surface area contributed by atoms with Crippen LogP contribution in [0.3, 0.4) is 0 Å². The average molecular weight is 526 g/mol. The van der Waals surface area contributed by atoms with E-state index in [9.17, 15) is 22.8 Å². The van der Waals surface area contributed by atoms with Gasteiger partial charge in [0.25, 0.3) is 0 Å². The number of hydrogen-bond acceptors (Lipinski definition) is 6. The molecule has 2 aromatic rings. The van der Waals surface area contributed by atoms with Crippen molar-refractivity contribution in [2.75, 3.05) is 26.2 Å². The third-order valence-electron chi connectivity index (χ3n) is 5.31. The number of amides is 1. The maximum Gasteiger partial charge on any atom is 0.416 e. The SMILES string of the molecule is C=N/C(=C\C(=C/C)C(F)(F)F)Oc1cccc(CN2CCN(C(=O)n3cc(Cl)c(C(=O)O)n3)CC2)c1. The number of alkyl halides is 3. The van der Waals surface area contributed by atoms with Gasteiger partial charge in [-0.05, 0) is 31.3 Å². The van der Waals surface area contributed by atoms with Crippen LogP contribution in [-0.4, -0.2) is 75.8 Å². The number of rotatable bonds is 7. The number of carbonyl (C=O) groups is 2. The van der Waals surface area contributed by atoms with Gasteiger partial charge in [-0.25, -0.2) is 14.6 Å². The molecule has 0 bridgehead atoms. The topological polar surface area (TPSA) is 100 Å². The minimum absolute atomic E-state index is 0.124. The highest BCUT2D eigenvalue weighted by molar-refractivity contribution is 6.33. The normalized spacial score (nSPS) is 15.6. The van der Waals surface area contributed by atoms with Crippen LogP contribution in [0.5, 0.6) is 5.75 Å². The predicted molar refractivity (Wildman–Crippen MR) is 126 cm³/mol. The second kappa shape index (κ2) is 11.4. The lowest BCUT2D eigenvalue weighted by Gasteiger charge is -2.34. The summed E-state index contributed by atoms with van der Waals surface area (Å²) < 4.78 is 45.5. The number of allylic oxidation sites excluding steroid dienone is 3. The molecule has 0 aliphatic carbocycles. The number of aromatic nitrogens is 2. The molecule has 9 nitrogen and oxygen atoms in total. The summed E-state index contributed by atoms with van der Waals surface area (Å²) >= 11 is 5.82. The maximum absolute atomic E-state index is 13.0. The fraction of sp³-hybridized carbons (Fsp3) is 0.304. The molecule has 1 N–H and O–H groups in total. The van der Waals surface area contributed by atoms with E-state index in [-0.39, 0.29) is 10.9 Å². The largest absolute Gasteiger partial charge is 0.476 e. The monoisotopic (exact) mass is 525 g/mol. The number of benzene rings is 1. The summed E-state index contributed by atoms with van der Waals surface area (Å²) in [6.07, 6.45) is -1.68. The van der Waals surface area contributed by atoms with Crippen molar-refractivity contribution in [3.05, 3.63) is 70.4 Å². The van der Waals surface area contributed by atoms with Crippen molar-refractivity contribution in [3.8, 4) is 5.75 Å². The van der Waals surface area contributed by atoms with E-state index in [1.165, 1.54) is 18.0 Å². The molecule has 3 rings (SSSR count). The van der Waals surface area contributed by atoms with Gasteiger partial charge < -0.3 is 14.7 Å². The molecule has 0 unspecified atom stereocenters. The first-order chi connectivity index (χ1) is 17.0. The number of ether oxygens (including phenoxy) is 1. The molecule has 2 heterocycles. The molecule has 36 heavy (non-hydrogen) atoms. The zero-order chi connectivity index (χ0) is 26.5. The zero-order valence-electron chi connectivity index (χ0n) is 19.2. The Labute approximate surface area is 209 Å². The molecule has 0 spiro atoms. The van der Waals surface area contributed by atoms with E-state index in [4.69, 9.17) is 21.4 Å². The second-order valence-electron chi connectivity index (χ2n) is 7.75. The van der Waals surface area contributed by atoms with Gasteiger partial charge in [-0.15, -0.1) is 0 Å². The highest BCUT2D eigenvalue weighted by Crippen LogP contribution is 2.28. The zero-order valence-corrected chi connectivity index (χ0v) is 20.0. The Morgan fingerprint density at radius 3 is 2.53 bits per heavy atom. The molecule has 1 aliphatic heterocycles. The van der Waals surface area contributed by atoms with E-state index in [1.807, 2.05) is 6.07 Å². The second-order valence-corrected chi connectivity index (χ2v) is 8.16. The van der Waals surface area contributed by atoms with Crippen LogP contribution in [-0.2, 0) is 6.54 Å². The Hall–Kier alpha value is -3.64. The number of aromatic carboxylic acids is 1. The number of carbonyl (C=O) groups excluding carboxylic acids is 1. The molecule has 1 saturated heterocycles. The molecule has 0 saturated carbocycles. The third-order valence-corrected chi connectivity index (χ3v) is 5.59. The van der Waals surface area contributed by atoms with E-state index in [2.05, 4.69) is 21.7 Å². The molecule has 1 amide bonds. The van der Waals surface area contributed by atoms with Crippen LogP contribution in [0.15, 0.2) is 59.1 Å². The number of piperazine rings is 1. The minimum Gasteiger partial charge on any atom is -0.476 e. The van der Waals surface area contributed by atoms with E-state index < -0.39 is 29.4 Å². The Bertz CT molecular complexity index is 1200. The lowest BCUT2D eigenvalue weighted by Crippen LogP contribution is -2.49. The summed E-state index contributed by atoms with van der Waals surface area (Å²) in [5, 5.41) is 12.7. The molecular formula is C23H23ClF3N5O4. The van der Waals surface area contributed by atoms with Crippen molar-refractivity contribution in [1.29, 1.82) is 0 Å². The summed E-state index contributed by atoms with van der Waals surface area (Å²) in [6.45, 7) is 6.89. The number of aliphatic imine (C=N–C) groups is 1. The van der Waals surface area contributed by atoms with Crippen molar-refractivity contribution < 1.29 is 32.6 Å². The Morgan fingerprint density at radius 1 is 1.28 bits per heavy atom. The standard InChI is InChI=1S/C23H23ClF3N5O4/c1-3-16(23(25,26)27)12-19(28-2)36-17-6-4-5-15(11-17)13-30-7-9-31(10-8-30)22(35)32-14-18(24)20(29-32)21(33)34/h3-6,11-12,14H,2,7-10,13H2,1H3,(H,33,34)/b16-3+,19-12+. The van der Waals surface area contributed by atoms with Crippen molar-refractivity contribution in [2.24, 2.45) is 4.99 Å². The molecule has 1 aromatic heterocycles. The molecule has 192 valence electrons. The van der Waals surface area contributed by atoms with Crippen molar-refractivity contribution >= 4 is 30.3 Å². The van der Waals surface area contributed by atoms with Crippen LogP contribution < -0.4 is 4.74 Å². The first-order valence-corrected chi connectivity index (χ1v) is 11.1. The lowest BCUT2D eigenvalue weighted by atomic mass is 10.2. The van der Waals surface area contributed by atoms with Crippen molar-refractivity contribution in [3.63, 3.8) is 0 Å². The third kappa shape index (κ3) is 6.73. The van der Waals surface area contributed by atoms with E-state index in [0.29, 0.717) is 38.5 Å². The summed E-state index contributed by atoms with van der Waals surface area (Å²) in [5.41, 5.74) is -0.441. The van der Waals surface area contributed by atoms with Crippen LogP contribution >= 0.6 is 11.6 Å². The Kier molecular flexibility index (Phi) is 8.53. The van der Waals surface area contributed by atoms with Gasteiger partial charge in [0.05, 0.1) is 16.8 Å². The molecular weight excluding hydrogens is 503 g/mol. The Morgan fingerprint density at radius 2 is 1.97 bits per heavy atom. The summed E-state index contributed by atoms with van der Waals surface area (Å²) in [5.74, 6) is -1.30. The molecule has 1 aromatic carbocycles. The quantitative estimate of drug-likeness (QED) is 0.326. The van der Waals surface area contributed by atoms with E-state index in [1.54, 1.807) is 18.2 Å². The summed E-state index contributed by atoms with van der Waals surface area (Å²) in [6, 6.07) is 6.38. The number of nitrogens with zero attached hydrogens (tertiary/aromatic N) is 5. The fourth-order valence-electron chi connectivity index (χ4n) is 3.49. The fourth-order valence-corrected chi connectivity index (χ4v) is 3.70. The maximum atomic E-state index is 13.0. The van der Waals surface area contributed by atoms with Crippen molar-refractivity contribution in [1.82, 2.24) is 19.6 Å². The van der Waals surface area contributed by atoms with Crippen LogP contribution in [0.1, 0.15) is 23.0 Å².